The van der Waals surface area contributed by atoms with Gasteiger partial charge in [0.1, 0.15) is 0 Å². The van der Waals surface area contributed by atoms with Gasteiger partial charge in [-0.1, -0.05) is 42.3 Å². The fraction of sp³-hybridized carbons (Fsp3) is 0.182. The van der Waals surface area contributed by atoms with Crippen molar-refractivity contribution < 1.29 is 19.2 Å². The van der Waals surface area contributed by atoms with Gasteiger partial charge in [-0.25, -0.2) is 11.1 Å². The topological polar surface area (TPSA) is 0 Å². The largest absolute Gasteiger partial charge is 0.179 e. The van der Waals surface area contributed by atoms with Crippen molar-refractivity contribution in [3.8, 4) is 11.1 Å². The predicted octanol–water partition coefficient (Wildman–Crippen LogP) is 5.97. The minimum absolute atomic E-state index is 0. The van der Waals surface area contributed by atoms with Gasteiger partial charge in [0.05, 0.1) is 0 Å². The third-order valence-electron chi connectivity index (χ3n) is 3.98. The molecule has 0 saturated heterocycles. The van der Waals surface area contributed by atoms with Gasteiger partial charge in [-0.15, -0.1) is 43.7 Å². The van der Waals surface area contributed by atoms with Crippen LogP contribution in [0.1, 0.15) is 31.4 Å². The molecule has 0 radical (unpaired) electrons. The summed E-state index contributed by atoms with van der Waals surface area (Å²) in [5.41, 5.74) is 8.22. The van der Waals surface area contributed by atoms with Gasteiger partial charge < -0.3 is 14.9 Å². The summed E-state index contributed by atoms with van der Waals surface area (Å²) in [6.45, 7) is 4.22. The molecule has 0 nitrogen and oxygen atoms in total. The van der Waals surface area contributed by atoms with Crippen molar-refractivity contribution in [2.45, 2.75) is 26.7 Å². The number of rotatable bonds is 0. The zero-order valence-electron chi connectivity index (χ0n) is 16.1. The molecule has 0 bridgehead atoms. The normalized spacial score (nSPS) is 11.4. The quantitative estimate of drug-likeness (QED) is 0.299. The van der Waals surface area contributed by atoms with Crippen LogP contribution in [0.5, 0.6) is 0 Å². The van der Waals surface area contributed by atoms with E-state index >= 15 is 0 Å². The number of benzene rings is 2. The Morgan fingerprint density at radius 1 is 0.923 bits per heavy atom. The summed E-state index contributed by atoms with van der Waals surface area (Å²) in [5.74, 6) is 0. The summed E-state index contributed by atoms with van der Waals surface area (Å²) >= 11 is 2.03. The summed E-state index contributed by atoms with van der Waals surface area (Å²) in [7, 11) is 1.86. The van der Waals surface area contributed by atoms with E-state index in [-0.39, 0.29) is 39.7 Å². The van der Waals surface area contributed by atoms with Gasteiger partial charge in [-0.05, 0) is 6.42 Å². The van der Waals surface area contributed by atoms with E-state index in [1.165, 1.54) is 33.4 Å². The summed E-state index contributed by atoms with van der Waals surface area (Å²) in [6, 6.07) is 18.1. The molecule has 0 spiro atoms. The molecule has 0 aromatic heterocycles. The van der Waals surface area contributed by atoms with Crippen LogP contribution in [0.15, 0.2) is 59.7 Å². The van der Waals surface area contributed by atoms with Crippen molar-refractivity contribution in [1.29, 1.82) is 0 Å². The molecule has 4 heteroatoms. The zero-order chi connectivity index (χ0) is 15.9. The van der Waals surface area contributed by atoms with E-state index in [9.17, 15) is 0 Å². The van der Waals surface area contributed by atoms with Gasteiger partial charge in [0.25, 0.3) is 0 Å². The van der Waals surface area contributed by atoms with Crippen LogP contribution in [0.2, 0.25) is 0 Å². The maximum atomic E-state index is 3.30. The molecule has 2 aliphatic carbocycles. The molecule has 0 unspecified atom stereocenters. The molecule has 26 heavy (non-hydrogen) atoms. The third kappa shape index (κ3) is 7.58. The zero-order valence-corrected chi connectivity index (χ0v) is 20.7. The molecule has 2 aromatic carbocycles. The first kappa shape index (κ1) is 30.2. The second-order valence-corrected chi connectivity index (χ2v) is 5.29. The standard InChI is InChI=1S/C13H9.C7H9.2CH3.2ClH.H2Si.Ti/c1-3-7-12-10(5-1)9-11-6-2-4-8-13(11)12;1-6-4-3-5-7(6)2;;;;;;/h1-5,7-8H,9H2;4H,3H2,1-2H3;2*1H3;2*1H;1H2;/q4*-1;;;;. The van der Waals surface area contributed by atoms with Gasteiger partial charge >= 0.3 is 26.8 Å². The van der Waals surface area contributed by atoms with Gasteiger partial charge in [-0.3, -0.25) is 6.08 Å². The van der Waals surface area contributed by atoms with Crippen LogP contribution in [-0.4, -0.2) is 7.63 Å². The Morgan fingerprint density at radius 3 is 2.08 bits per heavy atom. The van der Waals surface area contributed by atoms with Crippen LogP contribution in [-0.2, 0) is 25.6 Å². The molecule has 0 atom stereocenters. The van der Waals surface area contributed by atoms with Crippen LogP contribution in [0.25, 0.3) is 11.1 Å². The first-order valence-electron chi connectivity index (χ1n) is 7.43. The summed E-state index contributed by atoms with van der Waals surface area (Å²) < 4.78 is 0. The molecule has 0 amide bonds. The van der Waals surface area contributed by atoms with Gasteiger partial charge in [-0.2, -0.15) is 35.9 Å². The van der Waals surface area contributed by atoms with Crippen LogP contribution in [0.4, 0.5) is 0 Å². The summed E-state index contributed by atoms with van der Waals surface area (Å²) in [6.07, 6.45) is 7.46. The second-order valence-electron chi connectivity index (χ2n) is 5.29. The molecular weight excluding hydrogens is 411 g/mol. The number of hydrogen-bond acceptors (Lipinski definition) is 0. The van der Waals surface area contributed by atoms with E-state index in [2.05, 4.69) is 68.5 Å². The van der Waals surface area contributed by atoms with Gasteiger partial charge in [0.2, 0.25) is 0 Å². The Balaban J connectivity index is -0.000000360. The average molecular weight is 439 g/mol. The van der Waals surface area contributed by atoms with Crippen LogP contribution in [0, 0.1) is 27.0 Å². The molecule has 2 aromatic rings. The molecule has 0 aliphatic heterocycles. The molecule has 2 aliphatic rings. The number of allylic oxidation sites excluding steroid dienone is 4. The van der Waals surface area contributed by atoms with E-state index < -0.39 is 0 Å². The molecule has 142 valence electrons. The van der Waals surface area contributed by atoms with E-state index in [0.717, 1.165) is 12.8 Å². The SMILES string of the molecule is CC1=[C-]CC=C1C.Cl.Cl.[CH3-].[CH3-].[SiH2]=[Ti].[c-]1cccc2c1Cc1ccccc1-2. The fourth-order valence-corrected chi connectivity index (χ4v) is 2.65. The fourth-order valence-electron chi connectivity index (χ4n) is 2.65. The van der Waals surface area contributed by atoms with Crippen LogP contribution >= 0.6 is 24.8 Å². The summed E-state index contributed by atoms with van der Waals surface area (Å²) in [5, 5.41) is 0. The Bertz CT molecular complexity index is 664. The number of halogens is 2. The number of hydrogen-bond donors (Lipinski definition) is 0. The van der Waals surface area contributed by atoms with Crippen molar-refractivity contribution in [3.63, 3.8) is 0 Å². The van der Waals surface area contributed by atoms with E-state index in [1.807, 2.05) is 32.9 Å². The number of fused-ring (bicyclic) bond motifs is 3. The van der Waals surface area contributed by atoms with E-state index in [4.69, 9.17) is 0 Å². The predicted molar refractivity (Wildman–Crippen MR) is 120 cm³/mol. The second kappa shape index (κ2) is 15.5. The third-order valence-corrected chi connectivity index (χ3v) is 3.98. The first-order chi connectivity index (χ1) is 10.8. The molecule has 4 rings (SSSR count). The van der Waals surface area contributed by atoms with Gasteiger partial charge in [0, 0.05) is 0 Å². The van der Waals surface area contributed by atoms with Crippen molar-refractivity contribution >= 4 is 32.4 Å². The molecule has 0 fully saturated rings. The van der Waals surface area contributed by atoms with E-state index in [0.29, 0.717) is 0 Å². The van der Waals surface area contributed by atoms with Crippen molar-refractivity contribution in [3.05, 3.63) is 97.8 Å². The monoisotopic (exact) mass is 438 g/mol. The maximum absolute atomic E-state index is 3.30. The van der Waals surface area contributed by atoms with Crippen molar-refractivity contribution in [2.75, 3.05) is 0 Å². The Labute approximate surface area is 186 Å². The van der Waals surface area contributed by atoms with E-state index in [1.54, 1.807) is 0 Å². The molecular formula is C22H28Cl2SiTi-4. The minimum Gasteiger partial charge on any atom is -0.179 e. The average Bonchev–Trinajstić information content (AvgIpc) is 3.13. The Hall–Kier alpha value is -0.569. The summed E-state index contributed by atoms with van der Waals surface area (Å²) in [4.78, 5) is 0. The molecule has 0 saturated carbocycles. The van der Waals surface area contributed by atoms with Crippen LogP contribution < -0.4 is 0 Å². The first-order valence-corrected chi connectivity index (χ1v) is 11.5. The maximum Gasteiger partial charge on any atom is -0.0253 e. The van der Waals surface area contributed by atoms with Gasteiger partial charge in [0.15, 0.2) is 0 Å². The van der Waals surface area contributed by atoms with Crippen LogP contribution in [0.3, 0.4) is 0 Å². The Morgan fingerprint density at radius 2 is 1.54 bits per heavy atom. The van der Waals surface area contributed by atoms with Crippen molar-refractivity contribution in [2.24, 2.45) is 0 Å². The molecule has 0 N–H and O–H groups in total. The van der Waals surface area contributed by atoms with Crippen molar-refractivity contribution in [1.82, 2.24) is 0 Å². The smallest absolute Gasteiger partial charge is 0.0253 e. The molecule has 0 heterocycles. The minimum atomic E-state index is 0. The Kier molecular flexibility index (Phi) is 18.0.